The van der Waals surface area contributed by atoms with E-state index in [0.717, 1.165) is 41.5 Å². The fourth-order valence-corrected chi connectivity index (χ4v) is 4.86. The summed E-state index contributed by atoms with van der Waals surface area (Å²) < 4.78 is 7.71. The number of rotatable bonds is 9. The molecule has 0 aliphatic heterocycles. The van der Waals surface area contributed by atoms with E-state index >= 15 is 0 Å². The van der Waals surface area contributed by atoms with E-state index in [1.807, 2.05) is 24.3 Å². The van der Waals surface area contributed by atoms with E-state index in [9.17, 15) is 14.7 Å². The highest BCUT2D eigenvalue weighted by molar-refractivity contribution is 5.99. The number of aromatic carboxylic acids is 1. The highest BCUT2D eigenvalue weighted by Crippen LogP contribution is 2.30. The first kappa shape index (κ1) is 22.9. The fraction of sp³-hybridized carbons (Fsp3) is 0.407. The molecule has 33 heavy (non-hydrogen) atoms. The molecule has 1 fully saturated rings. The van der Waals surface area contributed by atoms with E-state index in [1.165, 1.54) is 25.7 Å². The van der Waals surface area contributed by atoms with E-state index in [-0.39, 0.29) is 11.5 Å². The van der Waals surface area contributed by atoms with Crippen LogP contribution in [0, 0.1) is 5.92 Å². The van der Waals surface area contributed by atoms with Gasteiger partial charge in [-0.1, -0.05) is 25.8 Å². The number of aryl methyl sites for hydroxylation is 1. The second-order valence-corrected chi connectivity index (χ2v) is 8.95. The molecule has 1 aliphatic rings. The summed E-state index contributed by atoms with van der Waals surface area (Å²) in [6, 6.07) is 10.9. The Balaban J connectivity index is 1.64. The number of nitrogens with one attached hydrogen (secondary N) is 1. The number of ether oxygens (including phenoxy) is 1. The molecular weight excluding hydrogens is 416 g/mol. The summed E-state index contributed by atoms with van der Waals surface area (Å²) in [7, 11) is 1.55. The highest BCUT2D eigenvalue weighted by atomic mass is 16.5. The van der Waals surface area contributed by atoms with Crippen molar-refractivity contribution >= 4 is 22.8 Å². The predicted molar refractivity (Wildman–Crippen MR) is 129 cm³/mol. The smallest absolute Gasteiger partial charge is 0.335 e. The third-order valence-corrected chi connectivity index (χ3v) is 6.63. The largest absolute Gasteiger partial charge is 0.496 e. The number of benzene rings is 2. The summed E-state index contributed by atoms with van der Waals surface area (Å²) in [4.78, 5) is 24.2. The highest BCUT2D eigenvalue weighted by Gasteiger charge is 2.18. The Morgan fingerprint density at radius 2 is 1.85 bits per heavy atom. The van der Waals surface area contributed by atoms with Crippen LogP contribution in [0.4, 0.5) is 0 Å². The van der Waals surface area contributed by atoms with Crippen molar-refractivity contribution in [2.75, 3.05) is 13.7 Å². The van der Waals surface area contributed by atoms with Crippen LogP contribution in [-0.4, -0.2) is 35.2 Å². The van der Waals surface area contributed by atoms with Gasteiger partial charge in [0.05, 0.1) is 12.7 Å². The Bertz CT molecular complexity index is 1160. The minimum Gasteiger partial charge on any atom is -0.496 e. The number of carbonyl (C=O) groups excluding carboxylic acids is 1. The standard InChI is InChI=1S/C27H32N2O4/c1-3-12-29-17-22(13-19-8-9-21(27(31)32)15-25(19)33-2)23-14-20(10-11-24(23)29)26(30)28-16-18-6-4-5-7-18/h8-11,14-15,17-18H,3-7,12-13,16H2,1-2H3,(H,28,30)(H,31,32). The van der Waals surface area contributed by atoms with Crippen LogP contribution in [0.25, 0.3) is 10.9 Å². The van der Waals surface area contributed by atoms with Gasteiger partial charge in [0.1, 0.15) is 5.75 Å². The Morgan fingerprint density at radius 1 is 1.09 bits per heavy atom. The van der Waals surface area contributed by atoms with E-state index in [4.69, 9.17) is 4.74 Å². The third kappa shape index (κ3) is 5.05. The predicted octanol–water partition coefficient (Wildman–Crippen LogP) is 5.27. The van der Waals surface area contributed by atoms with E-state index < -0.39 is 5.97 Å². The van der Waals surface area contributed by atoms with Gasteiger partial charge in [-0.15, -0.1) is 0 Å². The van der Waals surface area contributed by atoms with Crippen molar-refractivity contribution < 1.29 is 19.4 Å². The summed E-state index contributed by atoms with van der Waals surface area (Å²) in [5, 5.41) is 13.5. The van der Waals surface area contributed by atoms with Gasteiger partial charge < -0.3 is 19.7 Å². The normalized spacial score (nSPS) is 14.0. The molecule has 0 bridgehead atoms. The second-order valence-electron chi connectivity index (χ2n) is 8.95. The summed E-state index contributed by atoms with van der Waals surface area (Å²) in [5.74, 6) is 0.144. The van der Waals surface area contributed by atoms with Gasteiger partial charge in [-0.2, -0.15) is 0 Å². The van der Waals surface area contributed by atoms with Gasteiger partial charge in [-0.25, -0.2) is 4.79 Å². The molecule has 6 nitrogen and oxygen atoms in total. The first-order valence-corrected chi connectivity index (χ1v) is 11.8. The molecule has 1 heterocycles. The molecule has 2 aromatic carbocycles. The molecule has 0 spiro atoms. The van der Waals surface area contributed by atoms with Gasteiger partial charge in [0, 0.05) is 42.2 Å². The van der Waals surface area contributed by atoms with Crippen LogP contribution in [0.5, 0.6) is 5.75 Å². The summed E-state index contributed by atoms with van der Waals surface area (Å²) in [6.07, 6.45) is 8.65. The maximum absolute atomic E-state index is 12.9. The number of carboxylic acid groups (broad SMARTS) is 1. The molecule has 174 valence electrons. The topological polar surface area (TPSA) is 80.6 Å². The lowest BCUT2D eigenvalue weighted by Crippen LogP contribution is -2.28. The average Bonchev–Trinajstić information content (AvgIpc) is 3.46. The van der Waals surface area contributed by atoms with Crippen molar-refractivity contribution in [3.8, 4) is 5.75 Å². The summed E-state index contributed by atoms with van der Waals surface area (Å²) in [6.45, 7) is 3.77. The molecule has 0 saturated heterocycles. The van der Waals surface area contributed by atoms with Crippen molar-refractivity contribution in [3.63, 3.8) is 0 Å². The quantitative estimate of drug-likeness (QED) is 0.467. The third-order valence-electron chi connectivity index (χ3n) is 6.63. The molecule has 0 atom stereocenters. The van der Waals surface area contributed by atoms with Crippen LogP contribution >= 0.6 is 0 Å². The Kier molecular flexibility index (Phi) is 7.02. The number of nitrogens with zero attached hydrogens (tertiary/aromatic N) is 1. The van der Waals surface area contributed by atoms with Crippen molar-refractivity contribution in [2.45, 2.75) is 52.0 Å². The lowest BCUT2D eigenvalue weighted by atomic mass is 10.0. The molecule has 1 aliphatic carbocycles. The zero-order valence-corrected chi connectivity index (χ0v) is 19.4. The van der Waals surface area contributed by atoms with E-state index in [2.05, 4.69) is 23.0 Å². The van der Waals surface area contributed by atoms with Gasteiger partial charge in [0.15, 0.2) is 0 Å². The molecule has 6 heteroatoms. The lowest BCUT2D eigenvalue weighted by Gasteiger charge is -2.11. The van der Waals surface area contributed by atoms with Crippen LogP contribution in [0.2, 0.25) is 0 Å². The lowest BCUT2D eigenvalue weighted by molar-refractivity contribution is 0.0696. The number of hydrogen-bond donors (Lipinski definition) is 2. The maximum Gasteiger partial charge on any atom is 0.335 e. The van der Waals surface area contributed by atoms with Crippen LogP contribution in [-0.2, 0) is 13.0 Å². The number of aromatic nitrogens is 1. The van der Waals surface area contributed by atoms with E-state index in [0.29, 0.717) is 23.7 Å². The molecule has 4 rings (SSSR count). The average molecular weight is 449 g/mol. The van der Waals surface area contributed by atoms with Gasteiger partial charge in [0.2, 0.25) is 0 Å². The zero-order valence-electron chi connectivity index (χ0n) is 19.4. The Hall–Kier alpha value is -3.28. The first-order chi connectivity index (χ1) is 16.0. The van der Waals surface area contributed by atoms with Gasteiger partial charge in [-0.3, -0.25) is 4.79 Å². The fourth-order valence-electron chi connectivity index (χ4n) is 4.86. The first-order valence-electron chi connectivity index (χ1n) is 11.8. The molecule has 0 unspecified atom stereocenters. The Morgan fingerprint density at radius 3 is 2.55 bits per heavy atom. The van der Waals surface area contributed by atoms with Gasteiger partial charge in [0.25, 0.3) is 5.91 Å². The molecule has 3 aromatic rings. The number of fused-ring (bicyclic) bond motifs is 1. The number of amides is 1. The van der Waals surface area contributed by atoms with Gasteiger partial charge >= 0.3 is 5.97 Å². The SMILES string of the molecule is CCCn1cc(Cc2ccc(C(=O)O)cc2OC)c2cc(C(=O)NCC3CCCC3)ccc21. The number of hydrogen-bond acceptors (Lipinski definition) is 3. The van der Waals surface area contributed by atoms with Gasteiger partial charge in [-0.05, 0) is 66.6 Å². The van der Waals surface area contributed by atoms with Crippen LogP contribution in [0.15, 0.2) is 42.6 Å². The maximum atomic E-state index is 12.9. The van der Waals surface area contributed by atoms with Crippen molar-refractivity contribution in [2.24, 2.45) is 5.92 Å². The van der Waals surface area contributed by atoms with Crippen molar-refractivity contribution in [3.05, 3.63) is 64.8 Å². The zero-order chi connectivity index (χ0) is 23.4. The summed E-state index contributed by atoms with van der Waals surface area (Å²) in [5.41, 5.74) is 3.97. The number of methoxy groups -OCH3 is 1. The van der Waals surface area contributed by atoms with Crippen molar-refractivity contribution in [1.82, 2.24) is 9.88 Å². The molecule has 1 amide bonds. The monoisotopic (exact) mass is 448 g/mol. The Labute approximate surface area is 194 Å². The number of carboxylic acids is 1. The molecular formula is C27H32N2O4. The van der Waals surface area contributed by atoms with E-state index in [1.54, 1.807) is 19.2 Å². The number of carbonyl (C=O) groups is 2. The minimum atomic E-state index is -0.979. The molecule has 1 saturated carbocycles. The minimum absolute atomic E-state index is 0.0265. The molecule has 1 aromatic heterocycles. The molecule has 0 radical (unpaired) electrons. The second kappa shape index (κ2) is 10.1. The summed E-state index contributed by atoms with van der Waals surface area (Å²) >= 11 is 0. The molecule has 2 N–H and O–H groups in total. The van der Waals surface area contributed by atoms with Crippen LogP contribution in [0.1, 0.15) is 70.9 Å². The van der Waals surface area contributed by atoms with Crippen LogP contribution < -0.4 is 10.1 Å². The van der Waals surface area contributed by atoms with Crippen LogP contribution in [0.3, 0.4) is 0 Å². The van der Waals surface area contributed by atoms with Crippen molar-refractivity contribution in [1.29, 1.82) is 0 Å².